The van der Waals surface area contributed by atoms with Gasteiger partial charge in [0.05, 0.1) is 23.8 Å². The van der Waals surface area contributed by atoms with E-state index in [1.807, 2.05) is 0 Å². The SMILES string of the molecule is O=C(Nc1cc(-c2cccc(F)c2F)[nH]n1)[C@@H]1C[C@H]2CC[C@H]1O2. The first-order valence-corrected chi connectivity index (χ1v) is 7.58. The Bertz CT molecular complexity index is 762. The third kappa shape index (κ3) is 2.50. The zero-order chi connectivity index (χ0) is 16.0. The molecule has 0 unspecified atom stereocenters. The van der Waals surface area contributed by atoms with Crippen molar-refractivity contribution in [2.24, 2.45) is 5.92 Å². The van der Waals surface area contributed by atoms with Gasteiger partial charge in [0.1, 0.15) is 0 Å². The smallest absolute Gasteiger partial charge is 0.231 e. The van der Waals surface area contributed by atoms with E-state index in [-0.39, 0.29) is 35.4 Å². The molecule has 2 fully saturated rings. The van der Waals surface area contributed by atoms with Gasteiger partial charge in [0, 0.05) is 11.6 Å². The minimum atomic E-state index is -0.949. The van der Waals surface area contributed by atoms with E-state index < -0.39 is 11.6 Å². The molecule has 4 rings (SSSR count). The van der Waals surface area contributed by atoms with Crippen molar-refractivity contribution in [3.05, 3.63) is 35.9 Å². The summed E-state index contributed by atoms with van der Waals surface area (Å²) in [6.07, 6.45) is 2.82. The number of benzene rings is 1. The van der Waals surface area contributed by atoms with Crippen molar-refractivity contribution in [2.75, 3.05) is 5.32 Å². The molecule has 120 valence electrons. The zero-order valence-electron chi connectivity index (χ0n) is 12.2. The van der Waals surface area contributed by atoms with Crippen molar-refractivity contribution in [3.63, 3.8) is 0 Å². The van der Waals surface area contributed by atoms with Crippen LogP contribution in [0, 0.1) is 17.6 Å². The van der Waals surface area contributed by atoms with Crippen molar-refractivity contribution in [1.29, 1.82) is 0 Å². The molecule has 1 aromatic carbocycles. The van der Waals surface area contributed by atoms with Gasteiger partial charge >= 0.3 is 0 Å². The Hall–Kier alpha value is -2.28. The molecule has 1 amide bonds. The summed E-state index contributed by atoms with van der Waals surface area (Å²) in [5.41, 5.74) is 0.378. The molecule has 3 heterocycles. The van der Waals surface area contributed by atoms with Crippen LogP contribution in [0.15, 0.2) is 24.3 Å². The van der Waals surface area contributed by atoms with E-state index in [4.69, 9.17) is 4.74 Å². The second-order valence-electron chi connectivity index (χ2n) is 5.97. The number of nitrogens with zero attached hydrogens (tertiary/aromatic N) is 1. The summed E-state index contributed by atoms with van der Waals surface area (Å²) in [6.45, 7) is 0. The Kier molecular flexibility index (Phi) is 3.37. The molecule has 2 N–H and O–H groups in total. The summed E-state index contributed by atoms with van der Waals surface area (Å²) in [7, 11) is 0. The molecule has 1 aromatic heterocycles. The fourth-order valence-electron chi connectivity index (χ4n) is 3.37. The molecule has 0 saturated carbocycles. The fraction of sp³-hybridized carbons (Fsp3) is 0.375. The van der Waals surface area contributed by atoms with Gasteiger partial charge in [-0.15, -0.1) is 0 Å². The van der Waals surface area contributed by atoms with Crippen LogP contribution < -0.4 is 5.32 Å². The van der Waals surface area contributed by atoms with Crippen LogP contribution in [0.5, 0.6) is 0 Å². The highest BCUT2D eigenvalue weighted by Gasteiger charge is 2.44. The minimum Gasteiger partial charge on any atom is -0.374 e. The van der Waals surface area contributed by atoms with Gasteiger partial charge in [-0.1, -0.05) is 6.07 Å². The maximum atomic E-state index is 13.8. The van der Waals surface area contributed by atoms with Gasteiger partial charge < -0.3 is 10.1 Å². The first kappa shape index (κ1) is 14.3. The standard InChI is InChI=1S/C16H15F2N3O2/c17-11-3-1-2-9(15(11)18)12-7-14(21-20-12)19-16(22)10-6-8-4-5-13(10)23-8/h1-3,7-8,10,13H,4-6H2,(H2,19,20,21,22)/t8-,10-,13-/m1/s1. The van der Waals surface area contributed by atoms with Gasteiger partial charge in [-0.3, -0.25) is 9.89 Å². The average Bonchev–Trinajstić information content (AvgIpc) is 3.26. The molecule has 2 bridgehead atoms. The predicted octanol–water partition coefficient (Wildman–Crippen LogP) is 2.86. The molecule has 2 aliphatic heterocycles. The molecule has 23 heavy (non-hydrogen) atoms. The highest BCUT2D eigenvalue weighted by atomic mass is 19.2. The molecule has 2 aromatic rings. The lowest BCUT2D eigenvalue weighted by Gasteiger charge is -2.16. The Labute approximate surface area is 131 Å². The fourth-order valence-corrected chi connectivity index (χ4v) is 3.37. The number of halogens is 2. The van der Waals surface area contributed by atoms with E-state index in [0.29, 0.717) is 5.69 Å². The van der Waals surface area contributed by atoms with Gasteiger partial charge in [0.15, 0.2) is 17.5 Å². The zero-order valence-corrected chi connectivity index (χ0v) is 12.2. The Morgan fingerprint density at radius 1 is 1.35 bits per heavy atom. The minimum absolute atomic E-state index is 0.0147. The molecular weight excluding hydrogens is 304 g/mol. The van der Waals surface area contributed by atoms with Gasteiger partial charge in [0.2, 0.25) is 5.91 Å². The molecule has 2 aliphatic rings. The van der Waals surface area contributed by atoms with E-state index >= 15 is 0 Å². The van der Waals surface area contributed by atoms with Crippen molar-refractivity contribution < 1.29 is 18.3 Å². The molecule has 2 saturated heterocycles. The number of nitrogens with one attached hydrogen (secondary N) is 2. The number of aromatic amines is 1. The quantitative estimate of drug-likeness (QED) is 0.914. The van der Waals surface area contributed by atoms with Crippen LogP contribution in [0.2, 0.25) is 0 Å². The number of rotatable bonds is 3. The third-order valence-electron chi connectivity index (χ3n) is 4.51. The number of anilines is 1. The lowest BCUT2D eigenvalue weighted by atomic mass is 9.88. The van der Waals surface area contributed by atoms with Crippen molar-refractivity contribution in [2.45, 2.75) is 31.5 Å². The third-order valence-corrected chi connectivity index (χ3v) is 4.51. The van der Waals surface area contributed by atoms with E-state index in [1.54, 1.807) is 0 Å². The summed E-state index contributed by atoms with van der Waals surface area (Å²) in [6, 6.07) is 5.40. The van der Waals surface area contributed by atoms with Crippen LogP contribution in [0.4, 0.5) is 14.6 Å². The predicted molar refractivity (Wildman–Crippen MR) is 78.6 cm³/mol. The normalized spacial score (nSPS) is 25.7. The van der Waals surface area contributed by atoms with Gasteiger partial charge in [-0.05, 0) is 31.4 Å². The topological polar surface area (TPSA) is 67.0 Å². The number of aromatic nitrogens is 2. The number of carbonyl (C=O) groups excluding carboxylic acids is 1. The number of carbonyl (C=O) groups is 1. The maximum Gasteiger partial charge on any atom is 0.231 e. The lowest BCUT2D eigenvalue weighted by molar-refractivity contribution is -0.121. The van der Waals surface area contributed by atoms with E-state index in [9.17, 15) is 13.6 Å². The average molecular weight is 319 g/mol. The van der Waals surface area contributed by atoms with Crippen LogP contribution in [0.3, 0.4) is 0 Å². The highest BCUT2D eigenvalue weighted by molar-refractivity contribution is 5.92. The van der Waals surface area contributed by atoms with Crippen LogP contribution in [0.25, 0.3) is 11.3 Å². The molecule has 3 atom stereocenters. The van der Waals surface area contributed by atoms with Crippen LogP contribution in [0.1, 0.15) is 19.3 Å². The number of hydrogen-bond acceptors (Lipinski definition) is 3. The molecule has 7 heteroatoms. The highest BCUT2D eigenvalue weighted by Crippen LogP contribution is 2.39. The molecule has 0 spiro atoms. The van der Waals surface area contributed by atoms with Gasteiger partial charge in [-0.25, -0.2) is 8.78 Å². The number of hydrogen-bond donors (Lipinski definition) is 2. The summed E-state index contributed by atoms with van der Waals surface area (Å²) in [4.78, 5) is 12.3. The van der Waals surface area contributed by atoms with Crippen molar-refractivity contribution in [1.82, 2.24) is 10.2 Å². The van der Waals surface area contributed by atoms with Crippen LogP contribution in [-0.2, 0) is 9.53 Å². The largest absolute Gasteiger partial charge is 0.374 e. The van der Waals surface area contributed by atoms with Crippen molar-refractivity contribution >= 4 is 11.7 Å². The first-order valence-electron chi connectivity index (χ1n) is 7.58. The number of amides is 1. The monoisotopic (exact) mass is 319 g/mol. The Balaban J connectivity index is 1.50. The van der Waals surface area contributed by atoms with E-state index in [0.717, 1.165) is 25.3 Å². The molecule has 5 nitrogen and oxygen atoms in total. The summed E-state index contributed by atoms with van der Waals surface area (Å²) < 4.78 is 32.7. The second kappa shape index (κ2) is 5.42. The van der Waals surface area contributed by atoms with Gasteiger partial charge in [0.25, 0.3) is 0 Å². The molecular formula is C16H15F2N3O2. The van der Waals surface area contributed by atoms with Gasteiger partial charge in [-0.2, -0.15) is 5.10 Å². The Morgan fingerprint density at radius 3 is 2.96 bits per heavy atom. The summed E-state index contributed by atoms with van der Waals surface area (Å²) >= 11 is 0. The van der Waals surface area contributed by atoms with Crippen LogP contribution >= 0.6 is 0 Å². The lowest BCUT2D eigenvalue weighted by Crippen LogP contribution is -2.30. The number of H-pyrrole nitrogens is 1. The second-order valence-corrected chi connectivity index (χ2v) is 5.97. The first-order chi connectivity index (χ1) is 11.1. The Morgan fingerprint density at radius 2 is 2.22 bits per heavy atom. The van der Waals surface area contributed by atoms with Crippen LogP contribution in [-0.4, -0.2) is 28.3 Å². The summed E-state index contributed by atoms with van der Waals surface area (Å²) in [5, 5.41) is 9.28. The van der Waals surface area contributed by atoms with E-state index in [2.05, 4.69) is 15.5 Å². The number of ether oxygens (including phenoxy) is 1. The molecule has 0 aliphatic carbocycles. The number of fused-ring (bicyclic) bond motifs is 2. The van der Waals surface area contributed by atoms with E-state index in [1.165, 1.54) is 18.2 Å². The van der Waals surface area contributed by atoms with Crippen molar-refractivity contribution in [3.8, 4) is 11.3 Å². The maximum absolute atomic E-state index is 13.8. The summed E-state index contributed by atoms with van der Waals surface area (Å²) in [5.74, 6) is -1.90. The molecule has 0 radical (unpaired) electrons.